The van der Waals surface area contributed by atoms with Crippen LogP contribution in [0.5, 0.6) is 0 Å². The van der Waals surface area contributed by atoms with Crippen molar-refractivity contribution in [1.29, 1.82) is 0 Å². The van der Waals surface area contributed by atoms with Gasteiger partial charge in [-0.25, -0.2) is 9.59 Å². The lowest BCUT2D eigenvalue weighted by Gasteiger charge is -2.32. The topological polar surface area (TPSA) is 148 Å². The van der Waals surface area contributed by atoms with Gasteiger partial charge in [-0.15, -0.1) is 0 Å². The molecule has 152 valence electrons. The molecular weight excluding hydrogens is 368 g/mol. The molecule has 0 fully saturated rings. The van der Waals surface area contributed by atoms with E-state index in [1.807, 2.05) is 0 Å². The second-order valence-corrected chi connectivity index (χ2v) is 6.89. The zero-order valence-electron chi connectivity index (χ0n) is 15.8. The van der Waals surface area contributed by atoms with Crippen molar-refractivity contribution in [3.05, 3.63) is 24.3 Å². The second-order valence-electron chi connectivity index (χ2n) is 6.89. The minimum absolute atomic E-state index is 0.222. The molecule has 0 unspecified atom stereocenters. The van der Waals surface area contributed by atoms with Crippen LogP contribution in [0.25, 0.3) is 0 Å². The maximum Gasteiger partial charge on any atom is 0.328 e. The molecule has 1 aliphatic rings. The number of urea groups is 1. The Hall–Kier alpha value is -3.14. The van der Waals surface area contributed by atoms with Crippen molar-refractivity contribution in [2.75, 3.05) is 16.8 Å². The third kappa shape index (κ3) is 4.77. The summed E-state index contributed by atoms with van der Waals surface area (Å²) in [4.78, 5) is 49.6. The Bertz CT molecular complexity index is 779. The van der Waals surface area contributed by atoms with Crippen molar-refractivity contribution in [1.82, 2.24) is 10.6 Å². The largest absolute Gasteiger partial charge is 0.480 e. The van der Waals surface area contributed by atoms with Gasteiger partial charge in [0.2, 0.25) is 11.8 Å². The van der Waals surface area contributed by atoms with Crippen LogP contribution in [0.3, 0.4) is 0 Å². The standard InChI is InChI=1S/C18H24N4O6/c1-9(2)14(16(25)20-15(10(3)23)17(26)27)21-18(28)22-8-13(24)19-11-6-4-5-7-12(11)22/h4-7,9-10,14-15,23H,8H2,1-3H3,(H,19,24)(H,20,25)(H,21,28)(H,26,27)/t10-,14+,15+/m1/s1. The molecule has 0 radical (unpaired) electrons. The molecule has 1 aromatic carbocycles. The molecule has 2 rings (SSSR count). The van der Waals surface area contributed by atoms with Gasteiger partial charge in [-0.2, -0.15) is 0 Å². The SMILES string of the molecule is CC(C)[C@H](NC(=O)N1CC(=O)Nc2ccccc21)C(=O)N[C@H](C(=O)O)[C@@H](C)O. The molecule has 1 heterocycles. The highest BCUT2D eigenvalue weighted by Gasteiger charge is 2.33. The number of carboxylic acids is 1. The van der Waals surface area contributed by atoms with E-state index in [9.17, 15) is 24.3 Å². The normalized spacial score (nSPS) is 16.5. The molecule has 3 atom stereocenters. The predicted molar refractivity (Wildman–Crippen MR) is 101 cm³/mol. The summed E-state index contributed by atoms with van der Waals surface area (Å²) in [5.74, 6) is -2.88. The summed E-state index contributed by atoms with van der Waals surface area (Å²) in [5, 5.41) is 26.1. The maximum absolute atomic E-state index is 12.8. The number of rotatable bonds is 6. The van der Waals surface area contributed by atoms with Gasteiger partial charge in [-0.1, -0.05) is 26.0 Å². The van der Waals surface area contributed by atoms with Gasteiger partial charge in [0.15, 0.2) is 6.04 Å². The number of aliphatic carboxylic acids is 1. The number of carbonyl (C=O) groups is 4. The molecule has 5 N–H and O–H groups in total. The number of anilines is 2. The average Bonchev–Trinajstić information content (AvgIpc) is 2.62. The molecule has 10 nitrogen and oxygen atoms in total. The zero-order chi connectivity index (χ0) is 21.0. The first-order chi connectivity index (χ1) is 13.1. The van der Waals surface area contributed by atoms with Gasteiger partial charge in [-0.3, -0.25) is 14.5 Å². The van der Waals surface area contributed by atoms with E-state index >= 15 is 0 Å². The first kappa shape index (κ1) is 21.2. The Kier molecular flexibility index (Phi) is 6.57. The van der Waals surface area contributed by atoms with Crippen LogP contribution in [0.2, 0.25) is 0 Å². The monoisotopic (exact) mass is 392 g/mol. The van der Waals surface area contributed by atoms with E-state index in [-0.39, 0.29) is 18.4 Å². The fourth-order valence-electron chi connectivity index (χ4n) is 2.79. The van der Waals surface area contributed by atoms with Crippen LogP contribution >= 0.6 is 0 Å². The van der Waals surface area contributed by atoms with Gasteiger partial charge >= 0.3 is 12.0 Å². The van der Waals surface area contributed by atoms with E-state index in [4.69, 9.17) is 5.11 Å². The van der Waals surface area contributed by atoms with Crippen molar-refractivity contribution < 1.29 is 29.4 Å². The number of hydrogen-bond donors (Lipinski definition) is 5. The Morgan fingerprint density at radius 3 is 2.32 bits per heavy atom. The van der Waals surface area contributed by atoms with E-state index in [0.717, 1.165) is 0 Å². The lowest BCUT2D eigenvalue weighted by Crippen LogP contribution is -2.58. The maximum atomic E-state index is 12.8. The number of hydrogen-bond acceptors (Lipinski definition) is 5. The number of nitrogens with zero attached hydrogens (tertiary/aromatic N) is 1. The van der Waals surface area contributed by atoms with Crippen LogP contribution in [0.1, 0.15) is 20.8 Å². The molecule has 0 saturated carbocycles. The van der Waals surface area contributed by atoms with Crippen molar-refractivity contribution in [3.63, 3.8) is 0 Å². The molecule has 1 aromatic rings. The van der Waals surface area contributed by atoms with Gasteiger partial charge in [0.25, 0.3) is 0 Å². The van der Waals surface area contributed by atoms with Gasteiger partial charge < -0.3 is 26.2 Å². The molecular formula is C18H24N4O6. The van der Waals surface area contributed by atoms with Crippen LogP contribution in [-0.4, -0.2) is 58.8 Å². The number of carbonyl (C=O) groups excluding carboxylic acids is 3. The first-order valence-electron chi connectivity index (χ1n) is 8.80. The highest BCUT2D eigenvalue weighted by atomic mass is 16.4. The third-order valence-electron chi connectivity index (χ3n) is 4.29. The van der Waals surface area contributed by atoms with Gasteiger partial charge in [0.1, 0.15) is 12.6 Å². The summed E-state index contributed by atoms with van der Waals surface area (Å²) in [7, 11) is 0. The highest BCUT2D eigenvalue weighted by Crippen LogP contribution is 2.28. The van der Waals surface area contributed by atoms with E-state index < -0.39 is 36.1 Å². The minimum atomic E-state index is -1.51. The van der Waals surface area contributed by atoms with E-state index in [1.54, 1.807) is 38.1 Å². The number of fused-ring (bicyclic) bond motifs is 1. The fraction of sp³-hybridized carbons (Fsp3) is 0.444. The Morgan fingerprint density at radius 1 is 1.11 bits per heavy atom. The molecule has 10 heteroatoms. The molecule has 0 aromatic heterocycles. The predicted octanol–water partition coefficient (Wildman–Crippen LogP) is 0.130. The van der Waals surface area contributed by atoms with Crippen LogP contribution in [0.4, 0.5) is 16.2 Å². The number of amides is 4. The minimum Gasteiger partial charge on any atom is -0.480 e. The summed E-state index contributed by atoms with van der Waals surface area (Å²) < 4.78 is 0. The van der Waals surface area contributed by atoms with Crippen molar-refractivity contribution >= 4 is 35.2 Å². The van der Waals surface area contributed by atoms with Gasteiger partial charge in [0, 0.05) is 0 Å². The van der Waals surface area contributed by atoms with Crippen molar-refractivity contribution in [2.45, 2.75) is 39.0 Å². The summed E-state index contributed by atoms with van der Waals surface area (Å²) in [6.45, 7) is 4.38. The lowest BCUT2D eigenvalue weighted by molar-refractivity contribution is -0.145. The molecule has 0 aliphatic carbocycles. The second kappa shape index (κ2) is 8.70. The lowest BCUT2D eigenvalue weighted by atomic mass is 10.0. The number of aliphatic hydroxyl groups excluding tert-OH is 1. The van der Waals surface area contributed by atoms with Crippen LogP contribution in [0.15, 0.2) is 24.3 Å². The van der Waals surface area contributed by atoms with Crippen LogP contribution < -0.4 is 20.9 Å². The Morgan fingerprint density at radius 2 is 1.75 bits per heavy atom. The van der Waals surface area contributed by atoms with Crippen LogP contribution in [-0.2, 0) is 14.4 Å². The summed E-state index contributed by atoms with van der Waals surface area (Å²) in [5.41, 5.74) is 0.953. The Balaban J connectivity index is 2.18. The smallest absolute Gasteiger partial charge is 0.328 e. The molecule has 0 saturated heterocycles. The van der Waals surface area contributed by atoms with E-state index in [0.29, 0.717) is 11.4 Å². The van der Waals surface area contributed by atoms with Crippen molar-refractivity contribution in [2.24, 2.45) is 5.92 Å². The van der Waals surface area contributed by atoms with Crippen LogP contribution in [0, 0.1) is 5.92 Å². The molecule has 0 spiro atoms. The number of carboxylic acid groups (broad SMARTS) is 1. The number of benzene rings is 1. The number of para-hydroxylation sites is 2. The van der Waals surface area contributed by atoms with E-state index in [1.165, 1.54) is 11.8 Å². The summed E-state index contributed by atoms with van der Waals surface area (Å²) >= 11 is 0. The average molecular weight is 392 g/mol. The molecule has 28 heavy (non-hydrogen) atoms. The van der Waals surface area contributed by atoms with Crippen molar-refractivity contribution in [3.8, 4) is 0 Å². The summed E-state index contributed by atoms with van der Waals surface area (Å²) in [6, 6.07) is 3.50. The molecule has 4 amide bonds. The first-order valence-corrected chi connectivity index (χ1v) is 8.80. The Labute approximate surface area is 161 Å². The van der Waals surface area contributed by atoms with E-state index in [2.05, 4.69) is 16.0 Å². The highest BCUT2D eigenvalue weighted by molar-refractivity contribution is 6.10. The molecule has 0 bridgehead atoms. The number of nitrogens with one attached hydrogen (secondary N) is 3. The molecule has 1 aliphatic heterocycles. The van der Waals surface area contributed by atoms with Gasteiger partial charge in [0.05, 0.1) is 17.5 Å². The quantitative estimate of drug-likeness (QED) is 0.465. The zero-order valence-corrected chi connectivity index (χ0v) is 15.8. The third-order valence-corrected chi connectivity index (χ3v) is 4.29. The van der Waals surface area contributed by atoms with Gasteiger partial charge in [-0.05, 0) is 25.0 Å². The summed E-state index contributed by atoms with van der Waals surface area (Å²) in [6.07, 6.45) is -1.32. The fourth-order valence-corrected chi connectivity index (χ4v) is 2.79. The number of aliphatic hydroxyl groups is 1.